The summed E-state index contributed by atoms with van der Waals surface area (Å²) in [7, 11) is 0. The summed E-state index contributed by atoms with van der Waals surface area (Å²) in [6.07, 6.45) is 4.53. The van der Waals surface area contributed by atoms with Crippen molar-refractivity contribution in [2.75, 3.05) is 18.0 Å². The molecule has 0 saturated carbocycles. The van der Waals surface area contributed by atoms with Crippen LogP contribution in [0, 0.1) is 5.82 Å². The molecule has 0 spiro atoms. The van der Waals surface area contributed by atoms with E-state index >= 15 is 0 Å². The van der Waals surface area contributed by atoms with Gasteiger partial charge in [0.1, 0.15) is 5.82 Å². The second-order valence-corrected chi connectivity index (χ2v) is 6.04. The van der Waals surface area contributed by atoms with Crippen LogP contribution in [-0.4, -0.2) is 30.0 Å². The molecule has 0 bridgehead atoms. The van der Waals surface area contributed by atoms with Crippen LogP contribution in [0.4, 0.5) is 10.1 Å². The molecule has 0 unspecified atom stereocenters. The number of hydrogen-bond acceptors (Lipinski definition) is 3. The predicted octanol–water partition coefficient (Wildman–Crippen LogP) is 2.81. The van der Waals surface area contributed by atoms with E-state index < -0.39 is 5.82 Å². The largest absolute Gasteiger partial charge is 0.369 e. The Morgan fingerprint density at radius 2 is 2.30 bits per heavy atom. The Morgan fingerprint density at radius 1 is 1.43 bits per heavy atom. The number of hydrogen-bond donors (Lipinski definition) is 1. The summed E-state index contributed by atoms with van der Waals surface area (Å²) >= 11 is 5.71. The number of nitrogens with one attached hydrogen (secondary N) is 1. The molecule has 1 aromatic carbocycles. The fourth-order valence-corrected chi connectivity index (χ4v) is 2.88. The van der Waals surface area contributed by atoms with Gasteiger partial charge < -0.3 is 10.2 Å². The molecular formula is C17H17ClFN3O. The number of carbonyl (C=O) groups excluding carboxylic acids is 1. The molecule has 4 nitrogen and oxygen atoms in total. The molecule has 1 aromatic heterocycles. The van der Waals surface area contributed by atoms with E-state index in [1.165, 1.54) is 6.07 Å². The standard InChI is InChI=1S/C17H17ClFN3O/c18-15-4-3-14(9-16(15)19)22-7-5-13(11-22)21-17(23)8-12-2-1-6-20-10-12/h1-4,6,9-10,13H,5,7-8,11H2,(H,21,23)/t13-/m0/s1. The molecule has 1 saturated heterocycles. The SMILES string of the molecule is O=C(Cc1cccnc1)N[C@H]1CCN(c2ccc(Cl)c(F)c2)C1. The van der Waals surface area contributed by atoms with Gasteiger partial charge in [-0.1, -0.05) is 17.7 Å². The van der Waals surface area contributed by atoms with E-state index in [1.807, 2.05) is 12.1 Å². The van der Waals surface area contributed by atoms with Gasteiger partial charge in [-0.3, -0.25) is 9.78 Å². The van der Waals surface area contributed by atoms with Crippen molar-refractivity contribution >= 4 is 23.2 Å². The molecule has 1 fully saturated rings. The molecule has 2 aromatic rings. The Kier molecular flexibility index (Phi) is 4.76. The number of rotatable bonds is 4. The third-order valence-corrected chi connectivity index (χ3v) is 4.22. The predicted molar refractivity (Wildman–Crippen MR) is 88.1 cm³/mol. The lowest BCUT2D eigenvalue weighted by Crippen LogP contribution is -2.38. The minimum absolute atomic E-state index is 0.0212. The number of pyridine rings is 1. The lowest BCUT2D eigenvalue weighted by Gasteiger charge is -2.19. The van der Waals surface area contributed by atoms with Crippen molar-refractivity contribution in [2.45, 2.75) is 18.9 Å². The lowest BCUT2D eigenvalue weighted by atomic mass is 10.2. The highest BCUT2D eigenvalue weighted by atomic mass is 35.5. The fourth-order valence-electron chi connectivity index (χ4n) is 2.76. The Labute approximate surface area is 139 Å². The summed E-state index contributed by atoms with van der Waals surface area (Å²) in [5, 5.41) is 3.14. The zero-order chi connectivity index (χ0) is 16.2. The van der Waals surface area contributed by atoms with Gasteiger partial charge in [0.15, 0.2) is 0 Å². The number of amides is 1. The Bertz CT molecular complexity index is 695. The summed E-state index contributed by atoms with van der Waals surface area (Å²) in [5.41, 5.74) is 1.68. The monoisotopic (exact) mass is 333 g/mol. The maximum atomic E-state index is 13.5. The molecule has 23 heavy (non-hydrogen) atoms. The number of nitrogens with zero attached hydrogens (tertiary/aromatic N) is 2. The van der Waals surface area contributed by atoms with Crippen LogP contribution in [-0.2, 0) is 11.2 Å². The van der Waals surface area contributed by atoms with E-state index in [1.54, 1.807) is 24.5 Å². The molecule has 1 aliphatic rings. The van der Waals surface area contributed by atoms with Crippen LogP contribution in [0.25, 0.3) is 0 Å². The van der Waals surface area contributed by atoms with Crippen molar-refractivity contribution in [3.63, 3.8) is 0 Å². The topological polar surface area (TPSA) is 45.2 Å². The van der Waals surface area contributed by atoms with Crippen molar-refractivity contribution in [1.82, 2.24) is 10.3 Å². The summed E-state index contributed by atoms with van der Waals surface area (Å²) in [5.74, 6) is -0.444. The number of halogens is 2. The maximum Gasteiger partial charge on any atom is 0.224 e. The van der Waals surface area contributed by atoms with E-state index in [0.29, 0.717) is 13.0 Å². The molecule has 120 valence electrons. The lowest BCUT2D eigenvalue weighted by molar-refractivity contribution is -0.121. The molecular weight excluding hydrogens is 317 g/mol. The van der Waals surface area contributed by atoms with E-state index in [0.717, 1.165) is 24.2 Å². The summed E-state index contributed by atoms with van der Waals surface area (Å²) in [6, 6.07) is 8.55. The maximum absolute atomic E-state index is 13.5. The van der Waals surface area contributed by atoms with Crippen LogP contribution in [0.1, 0.15) is 12.0 Å². The van der Waals surface area contributed by atoms with Gasteiger partial charge in [-0.15, -0.1) is 0 Å². The molecule has 1 N–H and O–H groups in total. The Balaban J connectivity index is 1.55. The highest BCUT2D eigenvalue weighted by Crippen LogP contribution is 2.25. The third-order valence-electron chi connectivity index (χ3n) is 3.91. The Morgan fingerprint density at radius 3 is 3.04 bits per heavy atom. The highest BCUT2D eigenvalue weighted by Gasteiger charge is 2.24. The molecule has 1 atom stereocenters. The van der Waals surface area contributed by atoms with Crippen LogP contribution < -0.4 is 10.2 Å². The average molecular weight is 334 g/mol. The normalized spacial score (nSPS) is 17.3. The van der Waals surface area contributed by atoms with E-state index in [2.05, 4.69) is 15.2 Å². The first-order valence-corrected chi connectivity index (χ1v) is 7.88. The van der Waals surface area contributed by atoms with Crippen LogP contribution in [0.2, 0.25) is 5.02 Å². The zero-order valence-corrected chi connectivity index (χ0v) is 13.3. The van der Waals surface area contributed by atoms with E-state index in [4.69, 9.17) is 11.6 Å². The molecule has 2 heterocycles. The van der Waals surface area contributed by atoms with Gasteiger partial charge >= 0.3 is 0 Å². The quantitative estimate of drug-likeness (QED) is 0.935. The zero-order valence-electron chi connectivity index (χ0n) is 12.5. The van der Waals surface area contributed by atoms with Crippen LogP contribution >= 0.6 is 11.6 Å². The van der Waals surface area contributed by atoms with Gasteiger partial charge in [-0.2, -0.15) is 0 Å². The molecule has 3 rings (SSSR count). The van der Waals surface area contributed by atoms with Crippen molar-refractivity contribution in [3.05, 3.63) is 59.1 Å². The first-order chi connectivity index (χ1) is 11.1. The second-order valence-electron chi connectivity index (χ2n) is 5.64. The summed E-state index contributed by atoms with van der Waals surface area (Å²) < 4.78 is 13.5. The second kappa shape index (κ2) is 6.96. The van der Waals surface area contributed by atoms with Crippen LogP contribution in [0.15, 0.2) is 42.7 Å². The summed E-state index contributed by atoms with van der Waals surface area (Å²) in [6.45, 7) is 1.44. The first kappa shape index (κ1) is 15.7. The third kappa shape index (κ3) is 3.99. The minimum Gasteiger partial charge on any atom is -0.369 e. The van der Waals surface area contributed by atoms with Gasteiger partial charge in [0.05, 0.1) is 11.4 Å². The fraction of sp³-hybridized carbons (Fsp3) is 0.294. The average Bonchev–Trinajstić information content (AvgIpc) is 2.99. The summed E-state index contributed by atoms with van der Waals surface area (Å²) in [4.78, 5) is 18.1. The molecule has 6 heteroatoms. The van der Waals surface area contributed by atoms with Crippen LogP contribution in [0.5, 0.6) is 0 Å². The Hall–Kier alpha value is -2.14. The van der Waals surface area contributed by atoms with Gasteiger partial charge in [0.25, 0.3) is 0 Å². The van der Waals surface area contributed by atoms with E-state index in [-0.39, 0.29) is 17.0 Å². The molecule has 0 radical (unpaired) electrons. The van der Waals surface area contributed by atoms with Crippen molar-refractivity contribution in [2.24, 2.45) is 0 Å². The first-order valence-electron chi connectivity index (χ1n) is 7.50. The minimum atomic E-state index is -0.423. The highest BCUT2D eigenvalue weighted by molar-refractivity contribution is 6.30. The molecule has 0 aliphatic carbocycles. The van der Waals surface area contributed by atoms with Gasteiger partial charge in [0, 0.05) is 37.2 Å². The smallest absolute Gasteiger partial charge is 0.224 e. The number of benzene rings is 1. The van der Waals surface area contributed by atoms with Gasteiger partial charge in [-0.05, 0) is 36.2 Å². The number of anilines is 1. The number of carbonyl (C=O) groups is 1. The van der Waals surface area contributed by atoms with Crippen molar-refractivity contribution in [3.8, 4) is 0 Å². The molecule has 1 amide bonds. The van der Waals surface area contributed by atoms with E-state index in [9.17, 15) is 9.18 Å². The number of aromatic nitrogens is 1. The van der Waals surface area contributed by atoms with Crippen molar-refractivity contribution in [1.29, 1.82) is 0 Å². The van der Waals surface area contributed by atoms with Crippen LogP contribution in [0.3, 0.4) is 0 Å². The van der Waals surface area contributed by atoms with Crippen molar-refractivity contribution < 1.29 is 9.18 Å². The van der Waals surface area contributed by atoms with Gasteiger partial charge in [0.2, 0.25) is 5.91 Å². The van der Waals surface area contributed by atoms with Gasteiger partial charge in [-0.25, -0.2) is 4.39 Å². The molecule has 1 aliphatic heterocycles.